The van der Waals surface area contributed by atoms with Crippen LogP contribution in [0.4, 0.5) is 29.7 Å². The van der Waals surface area contributed by atoms with Crippen LogP contribution in [0.15, 0.2) is 124 Å². The van der Waals surface area contributed by atoms with E-state index in [1.807, 2.05) is 95.2 Å². The van der Waals surface area contributed by atoms with Crippen LogP contribution in [-0.4, -0.2) is 121 Å². The Kier molecular flexibility index (Phi) is 25.9. The van der Waals surface area contributed by atoms with Gasteiger partial charge in [0.1, 0.15) is 27.4 Å². The van der Waals surface area contributed by atoms with Crippen LogP contribution in [0.1, 0.15) is 85.3 Å². The second-order valence-corrected chi connectivity index (χ2v) is 33.4. The zero-order chi connectivity index (χ0) is 61.5. The second-order valence-electron chi connectivity index (χ2n) is 20.7. The number of benzene rings is 2. The van der Waals surface area contributed by atoms with Crippen molar-refractivity contribution in [1.82, 2.24) is 25.8 Å². The number of hydrogen-bond donors (Lipinski definition) is 5. The van der Waals surface area contributed by atoms with Crippen molar-refractivity contribution >= 4 is 172 Å². The van der Waals surface area contributed by atoms with Gasteiger partial charge in [-0.25, -0.2) is 26.8 Å². The van der Waals surface area contributed by atoms with Crippen LogP contribution in [0.5, 0.6) is 0 Å². The summed E-state index contributed by atoms with van der Waals surface area (Å²) in [6.45, 7) is 11.9. The molecule has 10 atom stereocenters. The Labute approximate surface area is 549 Å². The fraction of sp³-hybridized carbons (Fsp3) is 0.390. The van der Waals surface area contributed by atoms with Crippen molar-refractivity contribution in [3.8, 4) is 0 Å². The molecule has 4 unspecified atom stereocenters. The van der Waals surface area contributed by atoms with Gasteiger partial charge in [-0.15, -0.1) is 104 Å². The van der Waals surface area contributed by atoms with Gasteiger partial charge in [0.2, 0.25) is 11.8 Å². The number of rotatable bonds is 7. The molecule has 462 valence electrons. The first-order valence-corrected chi connectivity index (χ1v) is 38.5. The summed E-state index contributed by atoms with van der Waals surface area (Å²) >= 11 is 27.2. The number of halogens is 4. The molecular formula is C59H67Cl2F2N7O6S10. The predicted molar refractivity (Wildman–Crippen MR) is 365 cm³/mol. The molecule has 0 bridgehead atoms. The van der Waals surface area contributed by atoms with Crippen LogP contribution >= 0.6 is 127 Å². The standard InChI is InChI=1S/C16H16ClFN2O3S2.C16H16ClFN2OS2.2C9H11NOS2.C9H13NS2/c1-10-9-25(22,23)15(14-3-2-6-24-14)8-20(10)16(21)19-11-4-5-13(18)12(17)7-11;1-10-9-23-15(14-3-2-6-22-14)8-20(10)16(21)19-11-4-5-13(18)12(17)7-11;2*1-6-5-13-8(9(11)10-6)7-3-2-4-12-7;1-7-6-12-9(5-10-7)8-3-2-4-11-8/h2-7,10,15H,8-9H2,1H3,(H,19,21);2-7,10,15H,8-9H2,1H3,(H,19,21);2*2-4,6,8H,5H2,1H3,(H,10,11);2-4,7,9-10H,5-6H2,1H3/t10-,15?;10-,15+;2*6-,8?;7-,9?/m00000/s1. The van der Waals surface area contributed by atoms with Gasteiger partial charge < -0.3 is 36.4 Å². The van der Waals surface area contributed by atoms with Crippen LogP contribution in [0, 0.1) is 11.6 Å². The smallest absolute Gasteiger partial charge is 0.322 e. The van der Waals surface area contributed by atoms with Crippen molar-refractivity contribution in [2.45, 2.75) is 91.1 Å². The monoisotopic (exact) mass is 1400 g/mol. The number of carbonyl (C=O) groups is 4. The maximum absolute atomic E-state index is 13.2. The normalized spacial score (nSPS) is 25.1. The highest BCUT2D eigenvalue weighted by atomic mass is 35.5. The van der Waals surface area contributed by atoms with E-state index in [0.717, 1.165) is 44.5 Å². The van der Waals surface area contributed by atoms with Crippen molar-refractivity contribution in [3.05, 3.63) is 170 Å². The van der Waals surface area contributed by atoms with Crippen molar-refractivity contribution in [2.24, 2.45) is 0 Å². The minimum atomic E-state index is -3.33. The van der Waals surface area contributed by atoms with Crippen molar-refractivity contribution < 1.29 is 36.4 Å². The molecule has 13 nitrogen and oxygen atoms in total. The Balaban J connectivity index is 0.000000145. The van der Waals surface area contributed by atoms with E-state index in [4.69, 9.17) is 23.2 Å². The van der Waals surface area contributed by atoms with Crippen LogP contribution in [0.2, 0.25) is 10.0 Å². The highest BCUT2D eigenvalue weighted by molar-refractivity contribution is 8.01. The Hall–Kier alpha value is -3.83. The number of hydrogen-bond acceptors (Lipinski definition) is 16. The number of thioether (sulfide) groups is 4. The minimum Gasteiger partial charge on any atom is -0.352 e. The molecule has 86 heavy (non-hydrogen) atoms. The Morgan fingerprint density at radius 3 is 1.37 bits per heavy atom. The highest BCUT2D eigenvalue weighted by Gasteiger charge is 2.41. The predicted octanol–water partition coefficient (Wildman–Crippen LogP) is 15.8. The zero-order valence-corrected chi connectivity index (χ0v) is 57.2. The quantitative estimate of drug-likeness (QED) is 0.103. The van der Waals surface area contributed by atoms with E-state index in [-0.39, 0.29) is 56.7 Å². The summed E-state index contributed by atoms with van der Waals surface area (Å²) in [6.07, 6.45) is 0. The molecule has 10 heterocycles. The third-order valence-corrected chi connectivity index (χ3v) is 28.1. The number of thiophene rings is 5. The lowest BCUT2D eigenvalue weighted by Gasteiger charge is -2.37. The molecule has 12 rings (SSSR count). The molecule has 5 aliphatic heterocycles. The van der Waals surface area contributed by atoms with Gasteiger partial charge in [0.05, 0.1) is 26.3 Å². The first-order chi connectivity index (χ1) is 41.2. The van der Waals surface area contributed by atoms with Gasteiger partial charge in [0, 0.05) is 109 Å². The van der Waals surface area contributed by atoms with Gasteiger partial charge in [0.15, 0.2) is 9.84 Å². The van der Waals surface area contributed by atoms with E-state index in [9.17, 15) is 36.4 Å². The summed E-state index contributed by atoms with van der Waals surface area (Å²) in [5.74, 6) is 3.29. The summed E-state index contributed by atoms with van der Waals surface area (Å²) in [5, 5.41) is 25.2. The molecule has 5 aromatic heterocycles. The van der Waals surface area contributed by atoms with E-state index >= 15 is 0 Å². The first kappa shape index (κ1) is 68.1. The van der Waals surface area contributed by atoms with Crippen LogP contribution in [0.3, 0.4) is 0 Å². The van der Waals surface area contributed by atoms with Crippen molar-refractivity contribution in [1.29, 1.82) is 0 Å². The summed E-state index contributed by atoms with van der Waals surface area (Å²) < 4.78 is 51.4. The molecule has 5 aliphatic rings. The number of amides is 6. The van der Waals surface area contributed by atoms with E-state index in [1.54, 1.807) is 76.6 Å². The molecule has 0 spiro atoms. The van der Waals surface area contributed by atoms with Gasteiger partial charge in [0.25, 0.3) is 0 Å². The zero-order valence-electron chi connectivity index (χ0n) is 47.5. The Morgan fingerprint density at radius 1 is 0.535 bits per heavy atom. The molecule has 5 saturated heterocycles. The molecule has 0 saturated carbocycles. The van der Waals surface area contributed by atoms with Crippen LogP contribution in [-0.2, 0) is 19.4 Å². The molecule has 27 heteroatoms. The number of carbonyl (C=O) groups excluding carboxylic acids is 4. The lowest BCUT2D eigenvalue weighted by molar-refractivity contribution is -0.122. The fourth-order valence-electron chi connectivity index (χ4n) is 9.26. The van der Waals surface area contributed by atoms with Crippen molar-refractivity contribution in [3.63, 3.8) is 0 Å². The van der Waals surface area contributed by atoms with Crippen molar-refractivity contribution in [2.75, 3.05) is 59.0 Å². The summed E-state index contributed by atoms with van der Waals surface area (Å²) in [6, 6.07) is 28.6. The number of nitrogens with zero attached hydrogens (tertiary/aromatic N) is 2. The molecule has 2 aromatic carbocycles. The Bertz CT molecular complexity index is 3320. The van der Waals surface area contributed by atoms with Gasteiger partial charge >= 0.3 is 12.1 Å². The first-order valence-electron chi connectivity index (χ1n) is 27.5. The molecule has 6 amide bonds. The largest absolute Gasteiger partial charge is 0.352 e. The van der Waals surface area contributed by atoms with Gasteiger partial charge in [-0.1, -0.05) is 53.5 Å². The van der Waals surface area contributed by atoms with Crippen LogP contribution < -0.4 is 26.6 Å². The van der Waals surface area contributed by atoms with Gasteiger partial charge in [-0.05, 0) is 128 Å². The SMILES string of the molecule is C[C@H]1CS(=O)(=O)C(c2cccs2)CN1C(=O)Nc1ccc(F)c(Cl)c1.C[C@H]1CSC(c2cccs2)C(=O)N1.C[C@H]1CSC(c2cccs2)C(=O)N1.C[C@H]1CSC(c2cccs2)CN1.C[C@H]1CS[C@@H](c2cccs2)CN1C(=O)Nc1ccc(F)c(Cl)c1. The van der Waals surface area contributed by atoms with E-state index in [0.29, 0.717) is 46.5 Å². The average molecular weight is 1400 g/mol. The third kappa shape index (κ3) is 19.3. The third-order valence-electron chi connectivity index (χ3n) is 13.8. The molecular weight excluding hydrogens is 1330 g/mol. The van der Waals surface area contributed by atoms with E-state index in [2.05, 4.69) is 74.2 Å². The maximum Gasteiger partial charge on any atom is 0.322 e. The average Bonchev–Trinajstić information content (AvgIpc) is 3.53. The second kappa shape index (κ2) is 32.8. The van der Waals surface area contributed by atoms with Crippen LogP contribution in [0.25, 0.3) is 0 Å². The minimum absolute atomic E-state index is 0.00140. The topological polar surface area (TPSA) is 169 Å². The van der Waals surface area contributed by atoms with E-state index in [1.165, 1.54) is 62.1 Å². The summed E-state index contributed by atoms with van der Waals surface area (Å²) in [5.41, 5.74) is 0.851. The number of anilines is 2. The highest BCUT2D eigenvalue weighted by Crippen LogP contribution is 2.40. The molecule has 7 aromatic rings. The lowest BCUT2D eigenvalue weighted by atomic mass is 10.2. The van der Waals surface area contributed by atoms with Gasteiger partial charge in [-0.2, -0.15) is 0 Å². The molecule has 5 N–H and O–H groups in total. The van der Waals surface area contributed by atoms with E-state index < -0.39 is 38.8 Å². The number of nitrogens with one attached hydrogen (secondary N) is 5. The molecule has 0 radical (unpaired) electrons. The number of urea groups is 2. The summed E-state index contributed by atoms with van der Waals surface area (Å²) in [4.78, 5) is 57.5. The summed E-state index contributed by atoms with van der Waals surface area (Å²) in [7, 11) is -3.33. The number of sulfone groups is 1. The molecule has 5 fully saturated rings. The Morgan fingerprint density at radius 2 is 0.953 bits per heavy atom. The lowest BCUT2D eigenvalue weighted by Crippen LogP contribution is -2.52. The van der Waals surface area contributed by atoms with Gasteiger partial charge in [-0.3, -0.25) is 9.59 Å². The maximum atomic E-state index is 13.2. The fourth-order valence-corrected chi connectivity index (χ4v) is 21.5. The molecule has 0 aliphatic carbocycles.